The van der Waals surface area contributed by atoms with Crippen molar-refractivity contribution in [3.05, 3.63) is 77.9 Å². The van der Waals surface area contributed by atoms with E-state index in [4.69, 9.17) is 9.47 Å². The van der Waals surface area contributed by atoms with Crippen LogP contribution in [0.25, 0.3) is 10.8 Å². The highest BCUT2D eigenvalue weighted by molar-refractivity contribution is 6.00. The van der Waals surface area contributed by atoms with Gasteiger partial charge in [0, 0.05) is 6.42 Å². The van der Waals surface area contributed by atoms with Gasteiger partial charge in [0.15, 0.2) is 0 Å². The first-order valence-corrected chi connectivity index (χ1v) is 11.0. The van der Waals surface area contributed by atoms with Crippen LogP contribution in [0.4, 0.5) is 0 Å². The van der Waals surface area contributed by atoms with Gasteiger partial charge >= 0.3 is 5.97 Å². The van der Waals surface area contributed by atoms with E-state index in [0.717, 1.165) is 27.6 Å². The summed E-state index contributed by atoms with van der Waals surface area (Å²) < 4.78 is 11.3. The highest BCUT2D eigenvalue weighted by atomic mass is 16.5. The van der Waals surface area contributed by atoms with Crippen LogP contribution in [0, 0.1) is 11.8 Å². The quantitative estimate of drug-likeness (QED) is 0.383. The number of hydrogen-bond donors (Lipinski definition) is 0. The summed E-state index contributed by atoms with van der Waals surface area (Å²) in [4.78, 5) is 25.1. The second kappa shape index (κ2) is 9.34. The van der Waals surface area contributed by atoms with Crippen molar-refractivity contribution in [1.82, 2.24) is 0 Å². The van der Waals surface area contributed by atoms with Crippen LogP contribution in [0.2, 0.25) is 0 Å². The van der Waals surface area contributed by atoms with Gasteiger partial charge in [0.05, 0.1) is 6.61 Å². The average Bonchev–Trinajstić information content (AvgIpc) is 2.79. The Morgan fingerprint density at radius 2 is 1.77 bits per heavy atom. The molecule has 0 aromatic heterocycles. The molecule has 1 fully saturated rings. The SMILES string of the molecule is CCOC(=O)C1CC(C)C(c2cc(OCc3ccccc3)cc3ccccc23)CC1=O. The Labute approximate surface area is 183 Å². The van der Waals surface area contributed by atoms with Gasteiger partial charge in [-0.3, -0.25) is 9.59 Å². The molecule has 4 heteroatoms. The van der Waals surface area contributed by atoms with E-state index in [9.17, 15) is 9.59 Å². The molecule has 0 heterocycles. The minimum Gasteiger partial charge on any atom is -0.489 e. The van der Waals surface area contributed by atoms with E-state index in [1.54, 1.807) is 6.92 Å². The largest absolute Gasteiger partial charge is 0.489 e. The van der Waals surface area contributed by atoms with Crippen molar-refractivity contribution in [2.24, 2.45) is 11.8 Å². The number of carbonyl (C=O) groups is 2. The summed E-state index contributed by atoms with van der Waals surface area (Å²) in [5.74, 6) is -0.0354. The Morgan fingerprint density at radius 3 is 2.55 bits per heavy atom. The van der Waals surface area contributed by atoms with Gasteiger partial charge in [-0.25, -0.2) is 0 Å². The number of ether oxygens (including phenoxy) is 2. The lowest BCUT2D eigenvalue weighted by molar-refractivity contribution is -0.153. The van der Waals surface area contributed by atoms with Crippen molar-refractivity contribution in [2.45, 2.75) is 39.2 Å². The first kappa shape index (κ1) is 21.1. The average molecular weight is 417 g/mol. The number of hydrogen-bond acceptors (Lipinski definition) is 4. The third-order valence-electron chi connectivity index (χ3n) is 6.19. The fourth-order valence-corrected chi connectivity index (χ4v) is 4.56. The predicted molar refractivity (Wildman–Crippen MR) is 121 cm³/mol. The topological polar surface area (TPSA) is 52.6 Å². The molecule has 0 bridgehead atoms. The summed E-state index contributed by atoms with van der Waals surface area (Å²) in [5, 5.41) is 2.23. The van der Waals surface area contributed by atoms with Crippen LogP contribution < -0.4 is 4.74 Å². The number of rotatable bonds is 6. The maximum Gasteiger partial charge on any atom is 0.316 e. The van der Waals surface area contributed by atoms with Crippen LogP contribution in [0.1, 0.15) is 43.7 Å². The smallest absolute Gasteiger partial charge is 0.316 e. The Morgan fingerprint density at radius 1 is 1.03 bits per heavy atom. The van der Waals surface area contributed by atoms with E-state index in [2.05, 4.69) is 31.2 Å². The molecule has 3 unspecified atom stereocenters. The summed E-state index contributed by atoms with van der Waals surface area (Å²) in [6, 6.07) is 22.4. The van der Waals surface area contributed by atoms with Crippen molar-refractivity contribution >= 4 is 22.5 Å². The molecule has 0 amide bonds. The molecule has 3 aromatic rings. The normalized spacial score (nSPS) is 21.1. The van der Waals surface area contributed by atoms with Crippen LogP contribution in [0.15, 0.2) is 66.7 Å². The fraction of sp³-hybridized carbons (Fsp3) is 0.333. The Bertz CT molecular complexity index is 1070. The molecule has 4 nitrogen and oxygen atoms in total. The van der Waals surface area contributed by atoms with Gasteiger partial charge in [0.1, 0.15) is 24.1 Å². The van der Waals surface area contributed by atoms with E-state index in [1.807, 2.05) is 42.5 Å². The summed E-state index contributed by atoms with van der Waals surface area (Å²) in [5.41, 5.74) is 2.22. The van der Waals surface area contributed by atoms with E-state index < -0.39 is 5.92 Å². The van der Waals surface area contributed by atoms with Gasteiger partial charge in [0.2, 0.25) is 0 Å². The second-order valence-electron chi connectivity index (χ2n) is 8.30. The van der Waals surface area contributed by atoms with Gasteiger partial charge in [-0.05, 0) is 59.2 Å². The number of fused-ring (bicyclic) bond motifs is 1. The molecule has 1 aliphatic rings. The van der Waals surface area contributed by atoms with Crippen LogP contribution in [-0.4, -0.2) is 18.4 Å². The molecule has 0 radical (unpaired) electrons. The number of benzene rings is 3. The molecule has 0 saturated heterocycles. The molecule has 0 spiro atoms. The molecule has 1 aliphatic carbocycles. The van der Waals surface area contributed by atoms with Crippen molar-refractivity contribution in [3.8, 4) is 5.75 Å². The number of carbonyl (C=O) groups excluding carboxylic acids is 2. The third-order valence-corrected chi connectivity index (χ3v) is 6.19. The van der Waals surface area contributed by atoms with Crippen LogP contribution in [0.3, 0.4) is 0 Å². The molecule has 1 saturated carbocycles. The molecule has 4 rings (SSSR count). The molecule has 0 N–H and O–H groups in total. The first-order valence-electron chi connectivity index (χ1n) is 11.0. The monoisotopic (exact) mass is 416 g/mol. The lowest BCUT2D eigenvalue weighted by atomic mass is 9.70. The van der Waals surface area contributed by atoms with E-state index in [1.165, 1.54) is 0 Å². The van der Waals surface area contributed by atoms with Crippen LogP contribution in [0.5, 0.6) is 5.75 Å². The zero-order chi connectivity index (χ0) is 21.8. The second-order valence-corrected chi connectivity index (χ2v) is 8.30. The molecule has 0 aliphatic heterocycles. The molecular formula is C27H28O4. The molecule has 3 atom stereocenters. The number of esters is 1. The van der Waals surface area contributed by atoms with Gasteiger partial charge < -0.3 is 9.47 Å². The van der Waals surface area contributed by atoms with Crippen LogP contribution >= 0.6 is 0 Å². The molecule has 3 aromatic carbocycles. The first-order chi connectivity index (χ1) is 15.1. The Hall–Kier alpha value is -3.14. The predicted octanol–water partition coefficient (Wildman–Crippen LogP) is 5.68. The van der Waals surface area contributed by atoms with Gasteiger partial charge in [-0.15, -0.1) is 0 Å². The maximum atomic E-state index is 12.8. The van der Waals surface area contributed by atoms with Crippen molar-refractivity contribution < 1.29 is 19.1 Å². The minimum atomic E-state index is -0.644. The van der Waals surface area contributed by atoms with Crippen molar-refractivity contribution in [1.29, 1.82) is 0 Å². The highest BCUT2D eigenvalue weighted by Gasteiger charge is 2.39. The number of ketones is 1. The highest BCUT2D eigenvalue weighted by Crippen LogP contribution is 2.42. The number of Topliss-reactive ketones (excluding diaryl/α,β-unsaturated/α-hetero) is 1. The molecule has 31 heavy (non-hydrogen) atoms. The fourth-order valence-electron chi connectivity index (χ4n) is 4.56. The third kappa shape index (κ3) is 4.63. The van der Waals surface area contributed by atoms with Gasteiger partial charge in [0.25, 0.3) is 0 Å². The zero-order valence-electron chi connectivity index (χ0n) is 18.0. The summed E-state index contributed by atoms with van der Waals surface area (Å²) >= 11 is 0. The van der Waals surface area contributed by atoms with Crippen LogP contribution in [-0.2, 0) is 20.9 Å². The van der Waals surface area contributed by atoms with Gasteiger partial charge in [-0.2, -0.15) is 0 Å². The van der Waals surface area contributed by atoms with Gasteiger partial charge in [-0.1, -0.05) is 61.5 Å². The Balaban J connectivity index is 1.63. The summed E-state index contributed by atoms with van der Waals surface area (Å²) in [7, 11) is 0. The maximum absolute atomic E-state index is 12.8. The van der Waals surface area contributed by atoms with E-state index in [0.29, 0.717) is 26.1 Å². The van der Waals surface area contributed by atoms with E-state index in [-0.39, 0.29) is 23.6 Å². The zero-order valence-corrected chi connectivity index (χ0v) is 18.0. The van der Waals surface area contributed by atoms with E-state index >= 15 is 0 Å². The Kier molecular flexibility index (Phi) is 6.36. The molecule has 160 valence electrons. The van der Waals surface area contributed by atoms with Crippen molar-refractivity contribution in [3.63, 3.8) is 0 Å². The summed E-state index contributed by atoms with van der Waals surface area (Å²) in [6.07, 6.45) is 0.864. The summed E-state index contributed by atoms with van der Waals surface area (Å²) in [6.45, 7) is 4.68. The lowest BCUT2D eigenvalue weighted by Gasteiger charge is -2.33. The standard InChI is InChI=1S/C27H28O4/c1-3-30-27(29)25-13-18(2)23(16-26(25)28)24-15-21(14-20-11-7-8-12-22(20)24)31-17-19-9-5-4-6-10-19/h4-12,14-15,18,23,25H,3,13,16-17H2,1-2H3. The molecular weight excluding hydrogens is 388 g/mol. The van der Waals surface area contributed by atoms with Crippen molar-refractivity contribution in [2.75, 3.05) is 6.61 Å². The lowest BCUT2D eigenvalue weighted by Crippen LogP contribution is -2.35. The minimum absolute atomic E-state index is 0.0266.